The van der Waals surface area contributed by atoms with Gasteiger partial charge in [-0.2, -0.15) is 5.10 Å². The average molecular weight is 390 g/mol. The van der Waals surface area contributed by atoms with Gasteiger partial charge in [0.1, 0.15) is 22.7 Å². The molecule has 0 bridgehead atoms. The van der Waals surface area contributed by atoms with Gasteiger partial charge in [0, 0.05) is 5.56 Å². The summed E-state index contributed by atoms with van der Waals surface area (Å²) in [6.07, 6.45) is 1.30. The van der Waals surface area contributed by atoms with Crippen LogP contribution in [0.15, 0.2) is 48.7 Å². The van der Waals surface area contributed by atoms with Gasteiger partial charge in [0.15, 0.2) is 11.6 Å². The molecule has 2 aromatic heterocycles. The smallest absolute Gasteiger partial charge is 0.225 e. The van der Waals surface area contributed by atoms with Gasteiger partial charge in [0.05, 0.1) is 23.7 Å². The SMILES string of the molecule is COc1ncc(Cl)c2c1c(-c1cccc(F)c1)nn2-c1c(F)cccc1F. The molecule has 2 heterocycles. The molecule has 8 heteroatoms. The summed E-state index contributed by atoms with van der Waals surface area (Å²) in [5, 5.41) is 4.76. The molecule has 0 radical (unpaired) electrons. The van der Waals surface area contributed by atoms with E-state index < -0.39 is 23.1 Å². The maximum Gasteiger partial charge on any atom is 0.225 e. The van der Waals surface area contributed by atoms with Gasteiger partial charge in [-0.1, -0.05) is 29.8 Å². The molecule has 0 aliphatic carbocycles. The predicted molar refractivity (Wildman–Crippen MR) is 95.7 cm³/mol. The Morgan fingerprint density at radius 1 is 1.04 bits per heavy atom. The van der Waals surface area contributed by atoms with Crippen LogP contribution in [0.5, 0.6) is 5.88 Å². The Bertz CT molecular complexity index is 1160. The Morgan fingerprint density at radius 3 is 2.41 bits per heavy atom. The minimum absolute atomic E-state index is 0.114. The first-order chi connectivity index (χ1) is 13.0. The van der Waals surface area contributed by atoms with Crippen molar-refractivity contribution in [1.82, 2.24) is 14.8 Å². The van der Waals surface area contributed by atoms with Gasteiger partial charge in [0.25, 0.3) is 0 Å². The molecule has 0 saturated heterocycles. The van der Waals surface area contributed by atoms with E-state index >= 15 is 0 Å². The summed E-state index contributed by atoms with van der Waals surface area (Å²) in [4.78, 5) is 4.10. The number of ether oxygens (including phenoxy) is 1. The van der Waals surface area contributed by atoms with Crippen molar-refractivity contribution in [3.63, 3.8) is 0 Å². The van der Waals surface area contributed by atoms with E-state index in [0.29, 0.717) is 10.9 Å². The van der Waals surface area contributed by atoms with Crippen LogP contribution in [0.3, 0.4) is 0 Å². The second kappa shape index (κ2) is 6.59. The number of para-hydroxylation sites is 1. The normalized spacial score (nSPS) is 11.1. The Kier molecular flexibility index (Phi) is 4.24. The number of pyridine rings is 1. The summed E-state index contributed by atoms with van der Waals surface area (Å²) in [6.45, 7) is 0. The minimum Gasteiger partial charge on any atom is -0.480 e. The average Bonchev–Trinajstić information content (AvgIpc) is 3.03. The first kappa shape index (κ1) is 17.4. The maximum atomic E-state index is 14.4. The summed E-state index contributed by atoms with van der Waals surface area (Å²) in [5.74, 6) is -1.98. The van der Waals surface area contributed by atoms with Crippen LogP contribution >= 0.6 is 11.6 Å². The Morgan fingerprint density at radius 2 is 1.74 bits per heavy atom. The molecule has 0 saturated carbocycles. The second-order valence-electron chi connectivity index (χ2n) is 5.68. The molecule has 0 aliphatic heterocycles. The number of fused-ring (bicyclic) bond motifs is 1. The lowest BCUT2D eigenvalue weighted by molar-refractivity contribution is 0.403. The molecule has 4 rings (SSSR count). The van der Waals surface area contributed by atoms with E-state index in [0.717, 1.165) is 16.8 Å². The molecule has 0 fully saturated rings. The summed E-state index contributed by atoms with van der Waals surface area (Å²) < 4.78 is 48.9. The van der Waals surface area contributed by atoms with Gasteiger partial charge in [0.2, 0.25) is 5.88 Å². The Balaban J connectivity index is 2.16. The van der Waals surface area contributed by atoms with Crippen LogP contribution in [-0.2, 0) is 0 Å². The zero-order valence-electron chi connectivity index (χ0n) is 13.9. The molecule has 0 unspecified atom stereocenters. The van der Waals surface area contributed by atoms with Crippen molar-refractivity contribution in [2.24, 2.45) is 0 Å². The quantitative estimate of drug-likeness (QED) is 0.485. The number of aromatic nitrogens is 3. The summed E-state index contributed by atoms with van der Waals surface area (Å²) >= 11 is 6.28. The minimum atomic E-state index is -0.822. The molecule has 0 aliphatic rings. The standard InChI is InChI=1S/C19H11ClF3N3O/c1-27-19-15-16(10-4-2-5-11(21)8-10)25-26(17(15)12(20)9-24-19)18-13(22)6-3-7-14(18)23/h2-9H,1H3. The lowest BCUT2D eigenvalue weighted by Crippen LogP contribution is -2.03. The van der Waals surface area contributed by atoms with Gasteiger partial charge < -0.3 is 4.74 Å². The van der Waals surface area contributed by atoms with E-state index in [1.165, 1.54) is 37.6 Å². The first-order valence-corrected chi connectivity index (χ1v) is 8.20. The number of hydrogen-bond acceptors (Lipinski definition) is 3. The van der Waals surface area contributed by atoms with Gasteiger partial charge in [-0.25, -0.2) is 22.8 Å². The van der Waals surface area contributed by atoms with Crippen LogP contribution in [0.2, 0.25) is 5.02 Å². The van der Waals surface area contributed by atoms with E-state index in [2.05, 4.69) is 10.1 Å². The van der Waals surface area contributed by atoms with E-state index in [9.17, 15) is 13.2 Å². The van der Waals surface area contributed by atoms with Gasteiger partial charge in [-0.05, 0) is 24.3 Å². The third-order valence-corrected chi connectivity index (χ3v) is 4.34. The van der Waals surface area contributed by atoms with Crippen molar-refractivity contribution in [2.75, 3.05) is 7.11 Å². The fourth-order valence-corrected chi connectivity index (χ4v) is 3.15. The molecule has 0 N–H and O–H groups in total. The fraction of sp³-hybridized carbons (Fsp3) is 0.0526. The highest BCUT2D eigenvalue weighted by molar-refractivity contribution is 6.35. The highest BCUT2D eigenvalue weighted by Gasteiger charge is 2.24. The number of hydrogen-bond donors (Lipinski definition) is 0. The number of rotatable bonds is 3. The molecule has 136 valence electrons. The van der Waals surface area contributed by atoms with Crippen molar-refractivity contribution in [2.45, 2.75) is 0 Å². The van der Waals surface area contributed by atoms with Crippen molar-refractivity contribution >= 4 is 22.5 Å². The van der Waals surface area contributed by atoms with Gasteiger partial charge >= 0.3 is 0 Å². The zero-order chi connectivity index (χ0) is 19.1. The van der Waals surface area contributed by atoms with Crippen LogP contribution in [0, 0.1) is 17.5 Å². The van der Waals surface area contributed by atoms with E-state index in [1.807, 2.05) is 0 Å². The number of methoxy groups -OCH3 is 1. The maximum absolute atomic E-state index is 14.4. The van der Waals surface area contributed by atoms with Crippen LogP contribution in [0.25, 0.3) is 27.8 Å². The van der Waals surface area contributed by atoms with Crippen molar-refractivity contribution in [1.29, 1.82) is 0 Å². The summed E-state index contributed by atoms with van der Waals surface area (Å²) in [7, 11) is 1.39. The molecule has 0 atom stereocenters. The van der Waals surface area contributed by atoms with Crippen molar-refractivity contribution < 1.29 is 17.9 Å². The third-order valence-electron chi connectivity index (χ3n) is 4.06. The topological polar surface area (TPSA) is 39.9 Å². The van der Waals surface area contributed by atoms with Crippen LogP contribution in [0.1, 0.15) is 0 Å². The molecule has 4 aromatic rings. The highest BCUT2D eigenvalue weighted by Crippen LogP contribution is 2.39. The Labute approximate surface area is 156 Å². The van der Waals surface area contributed by atoms with Crippen LogP contribution in [-0.4, -0.2) is 21.9 Å². The van der Waals surface area contributed by atoms with E-state index in [4.69, 9.17) is 16.3 Å². The number of nitrogens with zero attached hydrogens (tertiary/aromatic N) is 3. The summed E-state index contributed by atoms with van der Waals surface area (Å²) in [5.41, 5.74) is 0.420. The molecule has 0 spiro atoms. The molecular formula is C19H11ClF3N3O. The highest BCUT2D eigenvalue weighted by atomic mass is 35.5. The third kappa shape index (κ3) is 2.80. The molecule has 27 heavy (non-hydrogen) atoms. The van der Waals surface area contributed by atoms with Crippen molar-refractivity contribution in [3.05, 3.63) is 71.1 Å². The van der Waals surface area contributed by atoms with Crippen molar-refractivity contribution in [3.8, 4) is 22.8 Å². The van der Waals surface area contributed by atoms with E-state index in [-0.39, 0.29) is 22.1 Å². The second-order valence-corrected chi connectivity index (χ2v) is 6.09. The van der Waals surface area contributed by atoms with Crippen LogP contribution in [0.4, 0.5) is 13.2 Å². The Hall–Kier alpha value is -3.06. The number of halogens is 4. The molecule has 0 amide bonds. The lowest BCUT2D eigenvalue weighted by Gasteiger charge is -2.08. The molecule has 2 aromatic carbocycles. The summed E-state index contributed by atoms with van der Waals surface area (Å²) in [6, 6.07) is 9.13. The lowest BCUT2D eigenvalue weighted by atomic mass is 10.1. The van der Waals surface area contributed by atoms with Crippen LogP contribution < -0.4 is 4.74 Å². The molecule has 4 nitrogen and oxygen atoms in total. The monoisotopic (exact) mass is 389 g/mol. The largest absolute Gasteiger partial charge is 0.480 e. The number of benzene rings is 2. The predicted octanol–water partition coefficient (Wildman–Crippen LogP) is 5.17. The fourth-order valence-electron chi connectivity index (χ4n) is 2.93. The van der Waals surface area contributed by atoms with Gasteiger partial charge in [-0.15, -0.1) is 0 Å². The zero-order valence-corrected chi connectivity index (χ0v) is 14.6. The molecular weight excluding hydrogens is 379 g/mol. The van der Waals surface area contributed by atoms with E-state index in [1.54, 1.807) is 6.07 Å². The first-order valence-electron chi connectivity index (χ1n) is 7.82. The van der Waals surface area contributed by atoms with Gasteiger partial charge in [-0.3, -0.25) is 0 Å².